The second-order valence-electron chi connectivity index (χ2n) is 9.44. The molecule has 1 N–H and O–H groups in total. The van der Waals surface area contributed by atoms with Crippen LogP contribution in [0.5, 0.6) is 0 Å². The van der Waals surface area contributed by atoms with Crippen molar-refractivity contribution in [3.05, 3.63) is 35.9 Å². The Hall–Kier alpha value is -3.08. The van der Waals surface area contributed by atoms with E-state index >= 15 is 0 Å². The Bertz CT molecular complexity index is 1150. The van der Waals surface area contributed by atoms with E-state index in [4.69, 9.17) is 4.74 Å². The Labute approximate surface area is 184 Å². The van der Waals surface area contributed by atoms with E-state index in [1.165, 1.54) is 21.6 Å². The Morgan fingerprint density at radius 1 is 1.31 bits per heavy atom. The van der Waals surface area contributed by atoms with Crippen molar-refractivity contribution in [2.45, 2.75) is 52.2 Å². The van der Waals surface area contributed by atoms with Crippen molar-refractivity contribution >= 4 is 23.1 Å². The zero-order valence-corrected chi connectivity index (χ0v) is 18.8. The molecule has 0 radical (unpaired) electrons. The lowest BCUT2D eigenvalue weighted by atomic mass is 10.1. The molecule has 0 bridgehead atoms. The molecule has 0 aromatic carbocycles. The number of halogens is 2. The van der Waals surface area contributed by atoms with Crippen molar-refractivity contribution in [1.82, 2.24) is 24.4 Å². The highest BCUT2D eigenvalue weighted by Crippen LogP contribution is 2.29. The van der Waals surface area contributed by atoms with Gasteiger partial charge in [0.15, 0.2) is 11.3 Å². The molecule has 1 amide bonds. The van der Waals surface area contributed by atoms with Crippen LogP contribution >= 0.6 is 0 Å². The number of hydrogen-bond acceptors (Lipinski definition) is 6. The fraction of sp³-hybridized carbons (Fsp3) is 0.524. The lowest BCUT2D eigenvalue weighted by molar-refractivity contribution is -0.0279. The third-order valence-electron chi connectivity index (χ3n) is 5.23. The summed E-state index contributed by atoms with van der Waals surface area (Å²) < 4.78 is 35.7. The fourth-order valence-electron chi connectivity index (χ4n) is 3.59. The van der Waals surface area contributed by atoms with Crippen LogP contribution in [-0.4, -0.2) is 55.6 Å². The van der Waals surface area contributed by atoms with Crippen LogP contribution in [0.1, 0.15) is 57.1 Å². The highest BCUT2D eigenvalue weighted by molar-refractivity contribution is 6.08. The van der Waals surface area contributed by atoms with Gasteiger partial charge in [0.25, 0.3) is 12.3 Å². The minimum atomic E-state index is -2.83. The van der Waals surface area contributed by atoms with Gasteiger partial charge in [-0.1, -0.05) is 0 Å². The summed E-state index contributed by atoms with van der Waals surface area (Å²) in [5.41, 5.74) is -0.821. The lowest BCUT2D eigenvalue weighted by Gasteiger charge is -2.38. The molecule has 1 saturated heterocycles. The number of anilines is 2. The predicted molar refractivity (Wildman–Crippen MR) is 115 cm³/mol. The molecule has 11 heteroatoms. The summed E-state index contributed by atoms with van der Waals surface area (Å²) in [6, 6.07) is 1.82. The van der Waals surface area contributed by atoms with Gasteiger partial charge < -0.3 is 15.0 Å². The zero-order chi connectivity index (χ0) is 23.3. The molecule has 1 fully saturated rings. The third-order valence-corrected chi connectivity index (χ3v) is 5.23. The maximum Gasteiger partial charge on any atom is 0.284 e. The summed E-state index contributed by atoms with van der Waals surface area (Å²) in [5, 5.41) is 10.7. The number of hydrogen-bond donors (Lipinski definition) is 1. The van der Waals surface area contributed by atoms with E-state index in [1.807, 2.05) is 40.7 Å². The number of nitrogens with one attached hydrogen (secondary N) is 1. The van der Waals surface area contributed by atoms with Crippen LogP contribution in [0.4, 0.5) is 20.3 Å². The number of carbonyl (C=O) groups is 1. The Balaban J connectivity index is 1.64. The largest absolute Gasteiger partial charge is 0.372 e. The van der Waals surface area contributed by atoms with Gasteiger partial charge in [0.2, 0.25) is 0 Å². The SMILES string of the molecule is CC1(C)CN(c2ccn3ncc(C(=O)Nc4cn(C(C)(C)C)nc4C(F)F)c3n2)CCO1. The summed E-state index contributed by atoms with van der Waals surface area (Å²) in [6.45, 7) is 11.4. The van der Waals surface area contributed by atoms with E-state index in [9.17, 15) is 13.6 Å². The maximum absolute atomic E-state index is 13.5. The van der Waals surface area contributed by atoms with Gasteiger partial charge in [-0.3, -0.25) is 9.48 Å². The Kier molecular flexibility index (Phi) is 5.40. The number of carbonyl (C=O) groups excluding carboxylic acids is 1. The number of morpholine rings is 1. The van der Waals surface area contributed by atoms with Crippen LogP contribution < -0.4 is 10.2 Å². The van der Waals surface area contributed by atoms with Crippen LogP contribution in [0, 0.1) is 0 Å². The minimum absolute atomic E-state index is 0.0367. The zero-order valence-electron chi connectivity index (χ0n) is 18.8. The molecular weight excluding hydrogens is 420 g/mol. The van der Waals surface area contributed by atoms with Crippen LogP contribution in [0.25, 0.3) is 5.65 Å². The molecule has 32 heavy (non-hydrogen) atoms. The molecule has 9 nitrogen and oxygen atoms in total. The van der Waals surface area contributed by atoms with Crippen molar-refractivity contribution in [3.63, 3.8) is 0 Å². The minimum Gasteiger partial charge on any atom is -0.372 e. The quantitative estimate of drug-likeness (QED) is 0.659. The number of amides is 1. The molecule has 4 heterocycles. The van der Waals surface area contributed by atoms with Crippen LogP contribution in [0.3, 0.4) is 0 Å². The smallest absolute Gasteiger partial charge is 0.284 e. The van der Waals surface area contributed by atoms with Gasteiger partial charge >= 0.3 is 0 Å². The van der Waals surface area contributed by atoms with Gasteiger partial charge in [-0.05, 0) is 40.7 Å². The monoisotopic (exact) mass is 447 g/mol. The molecule has 1 aliphatic rings. The van der Waals surface area contributed by atoms with Gasteiger partial charge in [-0.2, -0.15) is 10.2 Å². The number of aromatic nitrogens is 5. The summed E-state index contributed by atoms with van der Waals surface area (Å²) in [7, 11) is 0. The number of alkyl halides is 2. The van der Waals surface area contributed by atoms with E-state index in [0.29, 0.717) is 31.2 Å². The van der Waals surface area contributed by atoms with Crippen LogP contribution in [-0.2, 0) is 10.3 Å². The van der Waals surface area contributed by atoms with E-state index < -0.39 is 23.6 Å². The van der Waals surface area contributed by atoms with Crippen molar-refractivity contribution in [3.8, 4) is 0 Å². The van der Waals surface area contributed by atoms with Gasteiger partial charge in [0, 0.05) is 25.5 Å². The van der Waals surface area contributed by atoms with Crippen LogP contribution in [0.2, 0.25) is 0 Å². The lowest BCUT2D eigenvalue weighted by Crippen LogP contribution is -2.48. The molecule has 0 aliphatic carbocycles. The highest BCUT2D eigenvalue weighted by Gasteiger charge is 2.29. The Morgan fingerprint density at radius 3 is 2.72 bits per heavy atom. The van der Waals surface area contributed by atoms with Crippen molar-refractivity contribution in [2.75, 3.05) is 29.9 Å². The van der Waals surface area contributed by atoms with E-state index in [2.05, 4.69) is 25.4 Å². The highest BCUT2D eigenvalue weighted by atomic mass is 19.3. The first-order chi connectivity index (χ1) is 14.9. The number of fused-ring (bicyclic) bond motifs is 1. The molecule has 0 unspecified atom stereocenters. The molecule has 1 aliphatic heterocycles. The second-order valence-corrected chi connectivity index (χ2v) is 9.44. The first kappa shape index (κ1) is 22.1. The van der Waals surface area contributed by atoms with Crippen molar-refractivity contribution in [1.29, 1.82) is 0 Å². The summed E-state index contributed by atoms with van der Waals surface area (Å²) >= 11 is 0. The number of rotatable bonds is 4. The molecule has 0 spiro atoms. The fourth-order valence-corrected chi connectivity index (χ4v) is 3.59. The standard InChI is InChI=1S/C21H27F2N7O2/c1-20(2,3)30-11-14(16(27-30)17(22)23)25-19(31)13-10-24-29-7-6-15(26-18(13)29)28-8-9-32-21(4,5)12-28/h6-7,10-11,17H,8-9,12H2,1-5H3,(H,25,31). The molecule has 0 saturated carbocycles. The molecule has 3 aromatic heterocycles. The second kappa shape index (κ2) is 7.80. The molecule has 3 aromatic rings. The third kappa shape index (κ3) is 4.29. The van der Waals surface area contributed by atoms with Crippen molar-refractivity contribution < 1.29 is 18.3 Å². The summed E-state index contributed by atoms with van der Waals surface area (Å²) in [4.78, 5) is 19.7. The van der Waals surface area contributed by atoms with E-state index in [0.717, 1.165) is 0 Å². The normalized spacial score (nSPS) is 16.7. The van der Waals surface area contributed by atoms with E-state index in [-0.39, 0.29) is 16.9 Å². The average molecular weight is 447 g/mol. The molecule has 172 valence electrons. The summed E-state index contributed by atoms with van der Waals surface area (Å²) in [5.74, 6) is 0.111. The summed E-state index contributed by atoms with van der Waals surface area (Å²) in [6.07, 6.45) is 1.69. The van der Waals surface area contributed by atoms with Crippen LogP contribution in [0.15, 0.2) is 24.7 Å². The maximum atomic E-state index is 13.5. The first-order valence-corrected chi connectivity index (χ1v) is 10.4. The van der Waals surface area contributed by atoms with Gasteiger partial charge in [-0.25, -0.2) is 18.3 Å². The molecule has 4 rings (SSSR count). The molecular formula is C21H27F2N7O2. The number of nitrogens with zero attached hydrogens (tertiary/aromatic N) is 6. The van der Waals surface area contributed by atoms with Gasteiger partial charge in [0.1, 0.15) is 11.4 Å². The van der Waals surface area contributed by atoms with E-state index in [1.54, 1.807) is 6.20 Å². The topological polar surface area (TPSA) is 89.6 Å². The van der Waals surface area contributed by atoms with Gasteiger partial charge in [0.05, 0.1) is 29.6 Å². The molecule has 0 atom stereocenters. The predicted octanol–water partition coefficient (Wildman–Crippen LogP) is 3.49. The van der Waals surface area contributed by atoms with Crippen molar-refractivity contribution in [2.24, 2.45) is 0 Å². The Morgan fingerprint density at radius 2 is 2.06 bits per heavy atom. The number of ether oxygens (including phenoxy) is 1. The van der Waals surface area contributed by atoms with Gasteiger partial charge in [-0.15, -0.1) is 0 Å². The first-order valence-electron chi connectivity index (χ1n) is 10.4. The average Bonchev–Trinajstić information content (AvgIpc) is 3.30.